The number of nitrogens with one attached hydrogen (secondary N) is 1. The summed E-state index contributed by atoms with van der Waals surface area (Å²) in [5.74, 6) is 3.47. The van der Waals surface area contributed by atoms with Crippen molar-refractivity contribution in [3.8, 4) is 12.3 Å². The minimum atomic E-state index is 0.282. The van der Waals surface area contributed by atoms with Crippen LogP contribution in [0, 0.1) is 12.3 Å². The number of terminal acetylenes is 1. The minimum absolute atomic E-state index is 0.282. The zero-order valence-electron chi connectivity index (χ0n) is 7.12. The fraction of sp³-hybridized carbons (Fsp3) is 0.300. The van der Waals surface area contributed by atoms with Crippen molar-refractivity contribution in [1.82, 2.24) is 4.98 Å². The van der Waals surface area contributed by atoms with Crippen LogP contribution in [0.25, 0.3) is 0 Å². The third-order valence-electron chi connectivity index (χ3n) is 1.48. The lowest BCUT2D eigenvalue weighted by atomic mass is 10.2. The van der Waals surface area contributed by atoms with Gasteiger partial charge in [0.1, 0.15) is 5.82 Å². The molecule has 1 aromatic heterocycles. The Bertz CT molecular complexity index is 261. The second-order valence-corrected chi connectivity index (χ2v) is 2.67. The minimum Gasteiger partial charge on any atom is -0.367 e. The molecule has 1 unspecified atom stereocenters. The van der Waals surface area contributed by atoms with Crippen molar-refractivity contribution >= 4 is 5.82 Å². The van der Waals surface area contributed by atoms with Gasteiger partial charge in [-0.25, -0.2) is 4.98 Å². The first-order chi connectivity index (χ1) is 5.83. The Kier molecular flexibility index (Phi) is 3.16. The fourth-order valence-corrected chi connectivity index (χ4v) is 0.928. The maximum absolute atomic E-state index is 5.17. The van der Waals surface area contributed by atoms with E-state index in [4.69, 9.17) is 6.42 Å². The van der Waals surface area contributed by atoms with E-state index in [0.717, 1.165) is 12.2 Å². The Balaban J connectivity index is 2.48. The van der Waals surface area contributed by atoms with Crippen LogP contribution >= 0.6 is 0 Å². The average Bonchev–Trinajstić information content (AvgIpc) is 2.06. The molecular weight excluding hydrogens is 148 g/mol. The van der Waals surface area contributed by atoms with Gasteiger partial charge in [0.15, 0.2) is 0 Å². The van der Waals surface area contributed by atoms with Gasteiger partial charge in [0.2, 0.25) is 0 Å². The zero-order chi connectivity index (χ0) is 8.81. The zero-order valence-corrected chi connectivity index (χ0v) is 7.12. The Labute approximate surface area is 73.0 Å². The first-order valence-electron chi connectivity index (χ1n) is 3.94. The van der Waals surface area contributed by atoms with Crippen LogP contribution in [0.4, 0.5) is 5.82 Å². The van der Waals surface area contributed by atoms with Gasteiger partial charge in [-0.15, -0.1) is 12.3 Å². The lowest BCUT2D eigenvalue weighted by molar-refractivity contribution is 0.822. The lowest BCUT2D eigenvalue weighted by Gasteiger charge is -2.10. The molecule has 62 valence electrons. The van der Waals surface area contributed by atoms with E-state index in [0.29, 0.717) is 0 Å². The summed E-state index contributed by atoms with van der Waals surface area (Å²) in [6.07, 6.45) is 7.65. The van der Waals surface area contributed by atoms with Crippen molar-refractivity contribution < 1.29 is 0 Å². The lowest BCUT2D eigenvalue weighted by Crippen LogP contribution is -2.14. The molecule has 0 radical (unpaired) electrons. The summed E-state index contributed by atoms with van der Waals surface area (Å²) in [6, 6.07) is 6.03. The summed E-state index contributed by atoms with van der Waals surface area (Å²) >= 11 is 0. The van der Waals surface area contributed by atoms with E-state index in [1.54, 1.807) is 6.20 Å². The maximum Gasteiger partial charge on any atom is 0.126 e. The number of pyridine rings is 1. The number of hydrogen-bond acceptors (Lipinski definition) is 2. The fourth-order valence-electron chi connectivity index (χ4n) is 0.928. The molecule has 0 aromatic carbocycles. The third kappa shape index (κ3) is 2.63. The number of hydrogen-bond donors (Lipinski definition) is 1. The van der Waals surface area contributed by atoms with Crippen molar-refractivity contribution in [3.05, 3.63) is 24.4 Å². The Morgan fingerprint density at radius 1 is 1.67 bits per heavy atom. The van der Waals surface area contributed by atoms with E-state index < -0.39 is 0 Å². The number of aromatic nitrogens is 1. The van der Waals surface area contributed by atoms with Crippen LogP contribution in [-0.4, -0.2) is 11.0 Å². The van der Waals surface area contributed by atoms with E-state index >= 15 is 0 Å². The summed E-state index contributed by atoms with van der Waals surface area (Å²) in [4.78, 5) is 4.12. The standard InChI is InChI=1S/C10H12N2/c1-3-6-9(2)12-10-7-4-5-8-11-10/h1,4-5,7-9H,6H2,2H3,(H,11,12). The number of anilines is 1. The van der Waals surface area contributed by atoms with Crippen LogP contribution in [0.5, 0.6) is 0 Å². The average molecular weight is 160 g/mol. The third-order valence-corrected chi connectivity index (χ3v) is 1.48. The molecule has 1 N–H and O–H groups in total. The second-order valence-electron chi connectivity index (χ2n) is 2.67. The van der Waals surface area contributed by atoms with Crippen LogP contribution in [0.2, 0.25) is 0 Å². The molecular formula is C10H12N2. The van der Waals surface area contributed by atoms with Gasteiger partial charge in [0, 0.05) is 18.7 Å². The highest BCUT2D eigenvalue weighted by atomic mass is 15.0. The van der Waals surface area contributed by atoms with Crippen molar-refractivity contribution in [2.24, 2.45) is 0 Å². The predicted octanol–water partition coefficient (Wildman–Crippen LogP) is 1.91. The topological polar surface area (TPSA) is 24.9 Å². The molecule has 0 aliphatic heterocycles. The molecule has 2 nitrogen and oxygen atoms in total. The molecule has 0 amide bonds. The molecule has 0 aliphatic rings. The number of nitrogens with zero attached hydrogens (tertiary/aromatic N) is 1. The van der Waals surface area contributed by atoms with Crippen LogP contribution in [0.15, 0.2) is 24.4 Å². The first kappa shape index (κ1) is 8.61. The highest BCUT2D eigenvalue weighted by Gasteiger charge is 1.98. The summed E-state index contributed by atoms with van der Waals surface area (Å²) in [6.45, 7) is 2.04. The summed E-state index contributed by atoms with van der Waals surface area (Å²) in [7, 11) is 0. The van der Waals surface area contributed by atoms with Crippen LogP contribution in [0.3, 0.4) is 0 Å². The van der Waals surface area contributed by atoms with Gasteiger partial charge in [0.25, 0.3) is 0 Å². The molecule has 1 atom stereocenters. The monoisotopic (exact) mass is 160 g/mol. The molecule has 12 heavy (non-hydrogen) atoms. The molecule has 0 bridgehead atoms. The van der Waals surface area contributed by atoms with Crippen LogP contribution < -0.4 is 5.32 Å². The van der Waals surface area contributed by atoms with Gasteiger partial charge in [-0.2, -0.15) is 0 Å². The highest BCUT2D eigenvalue weighted by molar-refractivity contribution is 5.34. The molecule has 0 aliphatic carbocycles. The predicted molar refractivity (Wildman–Crippen MR) is 50.8 cm³/mol. The van der Waals surface area contributed by atoms with Gasteiger partial charge in [-0.1, -0.05) is 6.07 Å². The second kappa shape index (κ2) is 4.40. The molecule has 0 saturated heterocycles. The van der Waals surface area contributed by atoms with E-state index in [1.165, 1.54) is 0 Å². The van der Waals surface area contributed by atoms with Crippen LogP contribution in [-0.2, 0) is 0 Å². The van der Waals surface area contributed by atoms with Gasteiger partial charge in [-0.3, -0.25) is 0 Å². The maximum atomic E-state index is 5.17. The largest absolute Gasteiger partial charge is 0.367 e. The quantitative estimate of drug-likeness (QED) is 0.683. The van der Waals surface area contributed by atoms with Crippen molar-refractivity contribution in [1.29, 1.82) is 0 Å². The van der Waals surface area contributed by atoms with E-state index in [1.807, 2.05) is 25.1 Å². The molecule has 2 heteroatoms. The van der Waals surface area contributed by atoms with Gasteiger partial charge < -0.3 is 5.32 Å². The Hall–Kier alpha value is -1.49. The smallest absolute Gasteiger partial charge is 0.126 e. The Morgan fingerprint density at radius 2 is 2.50 bits per heavy atom. The molecule has 1 rings (SSSR count). The van der Waals surface area contributed by atoms with Crippen molar-refractivity contribution in [2.45, 2.75) is 19.4 Å². The Morgan fingerprint density at radius 3 is 3.08 bits per heavy atom. The SMILES string of the molecule is C#CCC(C)Nc1ccccn1. The molecule has 0 spiro atoms. The molecule has 1 heterocycles. The van der Waals surface area contributed by atoms with E-state index in [-0.39, 0.29) is 6.04 Å². The van der Waals surface area contributed by atoms with Crippen molar-refractivity contribution in [3.63, 3.8) is 0 Å². The summed E-state index contributed by atoms with van der Waals surface area (Å²) in [5, 5.41) is 3.19. The normalized spacial score (nSPS) is 11.7. The molecule has 1 aromatic rings. The summed E-state index contributed by atoms with van der Waals surface area (Å²) < 4.78 is 0. The van der Waals surface area contributed by atoms with Gasteiger partial charge in [0.05, 0.1) is 0 Å². The molecule has 0 saturated carbocycles. The van der Waals surface area contributed by atoms with Crippen LogP contribution in [0.1, 0.15) is 13.3 Å². The molecule has 0 fully saturated rings. The van der Waals surface area contributed by atoms with E-state index in [9.17, 15) is 0 Å². The highest BCUT2D eigenvalue weighted by Crippen LogP contribution is 2.03. The first-order valence-corrected chi connectivity index (χ1v) is 3.94. The van der Waals surface area contributed by atoms with Gasteiger partial charge >= 0.3 is 0 Å². The van der Waals surface area contributed by atoms with Crippen molar-refractivity contribution in [2.75, 3.05) is 5.32 Å². The van der Waals surface area contributed by atoms with E-state index in [2.05, 4.69) is 16.2 Å². The van der Waals surface area contributed by atoms with Gasteiger partial charge in [-0.05, 0) is 19.1 Å². The summed E-state index contributed by atoms with van der Waals surface area (Å²) in [5.41, 5.74) is 0. The number of rotatable bonds is 3.